The van der Waals surface area contributed by atoms with Crippen molar-refractivity contribution in [1.29, 1.82) is 0 Å². The van der Waals surface area contributed by atoms with E-state index in [1.165, 1.54) is 13.8 Å². The minimum atomic E-state index is -4.45. The fourth-order valence-electron chi connectivity index (χ4n) is 1.66. The normalized spacial score (nSPS) is 12.6. The first kappa shape index (κ1) is 18.2. The van der Waals surface area contributed by atoms with E-state index >= 15 is 0 Å². The van der Waals surface area contributed by atoms with Crippen LogP contribution in [0.4, 0.5) is 8.78 Å². The fourth-order valence-corrected chi connectivity index (χ4v) is 3.16. The standard InChI is InChI=1S/C14H21F2O4P/c1-3-19-21(17,20-4-2)14(15,16)10-11-18-12-13-8-6-5-7-9-13/h5-9H,3-4,10-12H2,1-2H3. The average molecular weight is 322 g/mol. The van der Waals surface area contributed by atoms with E-state index in [1.54, 1.807) is 0 Å². The number of hydrogen-bond donors (Lipinski definition) is 0. The van der Waals surface area contributed by atoms with E-state index < -0.39 is 19.7 Å². The molecule has 0 bridgehead atoms. The highest BCUT2D eigenvalue weighted by Crippen LogP contribution is 2.63. The molecular formula is C14H21F2O4P. The maximum absolute atomic E-state index is 14.0. The molecule has 1 aromatic rings. The number of rotatable bonds is 10. The monoisotopic (exact) mass is 322 g/mol. The molecule has 0 aliphatic carbocycles. The minimum Gasteiger partial charge on any atom is -0.377 e. The maximum atomic E-state index is 14.0. The molecule has 0 N–H and O–H groups in total. The fraction of sp³-hybridized carbons (Fsp3) is 0.571. The number of benzene rings is 1. The molecule has 0 heterocycles. The van der Waals surface area contributed by atoms with Crippen molar-refractivity contribution in [3.05, 3.63) is 35.9 Å². The third kappa shape index (κ3) is 5.47. The Kier molecular flexibility index (Phi) is 7.46. The third-order valence-corrected chi connectivity index (χ3v) is 4.88. The van der Waals surface area contributed by atoms with Crippen molar-refractivity contribution in [1.82, 2.24) is 0 Å². The Hall–Kier alpha value is -0.810. The Bertz CT molecular complexity index is 444. The van der Waals surface area contributed by atoms with E-state index in [9.17, 15) is 13.3 Å². The van der Waals surface area contributed by atoms with Crippen molar-refractivity contribution in [2.45, 2.75) is 32.5 Å². The molecule has 0 saturated heterocycles. The number of ether oxygens (including phenoxy) is 1. The number of halogens is 2. The molecule has 21 heavy (non-hydrogen) atoms. The third-order valence-electron chi connectivity index (χ3n) is 2.66. The maximum Gasteiger partial charge on any atom is 0.399 e. The van der Waals surface area contributed by atoms with Crippen LogP contribution in [0.5, 0.6) is 0 Å². The summed E-state index contributed by atoms with van der Waals surface area (Å²) in [6.45, 7) is 2.79. The molecule has 1 aromatic carbocycles. The Morgan fingerprint density at radius 1 is 1.10 bits per heavy atom. The summed E-state index contributed by atoms with van der Waals surface area (Å²) in [6.07, 6.45) is -0.711. The molecule has 0 fully saturated rings. The predicted octanol–water partition coefficient (Wildman–Crippen LogP) is 4.45. The molecule has 0 spiro atoms. The van der Waals surface area contributed by atoms with E-state index in [1.807, 2.05) is 30.3 Å². The molecule has 0 saturated carbocycles. The molecule has 0 unspecified atom stereocenters. The predicted molar refractivity (Wildman–Crippen MR) is 76.5 cm³/mol. The van der Waals surface area contributed by atoms with Gasteiger partial charge in [0.15, 0.2) is 0 Å². The second kappa shape index (κ2) is 8.59. The van der Waals surface area contributed by atoms with Crippen LogP contribution >= 0.6 is 7.60 Å². The van der Waals surface area contributed by atoms with Crippen LogP contribution in [0.25, 0.3) is 0 Å². The van der Waals surface area contributed by atoms with E-state index in [0.29, 0.717) is 0 Å². The number of hydrogen-bond acceptors (Lipinski definition) is 4. The first-order valence-corrected chi connectivity index (χ1v) is 8.38. The van der Waals surface area contributed by atoms with E-state index in [-0.39, 0.29) is 26.4 Å². The molecule has 0 aliphatic rings. The quantitative estimate of drug-likeness (QED) is 0.471. The SMILES string of the molecule is CCOP(=O)(OCC)C(F)(F)CCOCc1ccccc1. The van der Waals surface area contributed by atoms with Crippen LogP contribution in [0.3, 0.4) is 0 Å². The lowest BCUT2D eigenvalue weighted by Crippen LogP contribution is -2.22. The van der Waals surface area contributed by atoms with Gasteiger partial charge in [0.25, 0.3) is 0 Å². The summed E-state index contributed by atoms with van der Waals surface area (Å²) < 4.78 is 54.6. The Morgan fingerprint density at radius 2 is 1.67 bits per heavy atom. The van der Waals surface area contributed by atoms with Crippen molar-refractivity contribution in [3.63, 3.8) is 0 Å². The molecule has 4 nitrogen and oxygen atoms in total. The van der Waals surface area contributed by atoms with Crippen molar-refractivity contribution in [3.8, 4) is 0 Å². The summed E-state index contributed by atoms with van der Waals surface area (Å²) in [5, 5.41) is 0. The average Bonchev–Trinajstić information content (AvgIpc) is 2.45. The first-order valence-electron chi connectivity index (χ1n) is 6.84. The zero-order valence-corrected chi connectivity index (χ0v) is 13.2. The molecule has 7 heteroatoms. The van der Waals surface area contributed by atoms with Crippen molar-refractivity contribution in [2.24, 2.45) is 0 Å². The van der Waals surface area contributed by atoms with E-state index in [4.69, 9.17) is 4.74 Å². The molecule has 0 atom stereocenters. The molecule has 0 radical (unpaired) electrons. The Morgan fingerprint density at radius 3 is 2.19 bits per heavy atom. The van der Waals surface area contributed by atoms with Crippen LogP contribution in [-0.2, 0) is 25.0 Å². The summed E-state index contributed by atoms with van der Waals surface area (Å²) in [4.78, 5) is 0. The zero-order chi connectivity index (χ0) is 15.8. The topological polar surface area (TPSA) is 44.8 Å². The van der Waals surface area contributed by atoms with Gasteiger partial charge in [0.05, 0.1) is 26.4 Å². The molecular weight excluding hydrogens is 301 g/mol. The van der Waals surface area contributed by atoms with Gasteiger partial charge in [0, 0.05) is 6.42 Å². The van der Waals surface area contributed by atoms with Gasteiger partial charge < -0.3 is 13.8 Å². The van der Waals surface area contributed by atoms with Crippen LogP contribution in [-0.4, -0.2) is 25.5 Å². The summed E-state index contributed by atoms with van der Waals surface area (Å²) in [5.41, 5.74) is -2.67. The van der Waals surface area contributed by atoms with E-state index in [0.717, 1.165) is 5.56 Å². The summed E-state index contributed by atoms with van der Waals surface area (Å²) >= 11 is 0. The zero-order valence-electron chi connectivity index (χ0n) is 12.3. The molecule has 0 aromatic heterocycles. The van der Waals surface area contributed by atoms with Gasteiger partial charge in [-0.15, -0.1) is 0 Å². The minimum absolute atomic E-state index is 0.0995. The van der Waals surface area contributed by atoms with Gasteiger partial charge in [-0.05, 0) is 19.4 Å². The Labute approximate surface area is 123 Å². The highest BCUT2D eigenvalue weighted by atomic mass is 31.2. The summed E-state index contributed by atoms with van der Waals surface area (Å²) in [5.74, 6) is 0. The number of alkyl halides is 2. The van der Waals surface area contributed by atoms with Gasteiger partial charge in [0.1, 0.15) is 0 Å². The van der Waals surface area contributed by atoms with Gasteiger partial charge >= 0.3 is 13.3 Å². The van der Waals surface area contributed by atoms with Gasteiger partial charge in [-0.25, -0.2) is 0 Å². The van der Waals surface area contributed by atoms with Gasteiger partial charge in [-0.1, -0.05) is 30.3 Å². The second-order valence-corrected chi connectivity index (χ2v) is 6.45. The molecule has 120 valence electrons. The van der Waals surface area contributed by atoms with Gasteiger partial charge in [0.2, 0.25) is 0 Å². The lowest BCUT2D eigenvalue weighted by atomic mass is 10.2. The van der Waals surface area contributed by atoms with Crippen LogP contribution in [0, 0.1) is 0 Å². The van der Waals surface area contributed by atoms with Crippen molar-refractivity contribution < 1.29 is 27.1 Å². The molecule has 0 amide bonds. The second-order valence-electron chi connectivity index (χ2n) is 4.29. The largest absolute Gasteiger partial charge is 0.399 e. The highest BCUT2D eigenvalue weighted by Gasteiger charge is 2.52. The van der Waals surface area contributed by atoms with Crippen LogP contribution in [0.15, 0.2) is 30.3 Å². The summed E-state index contributed by atoms with van der Waals surface area (Å²) in [7, 11) is -4.45. The highest BCUT2D eigenvalue weighted by molar-refractivity contribution is 7.55. The van der Waals surface area contributed by atoms with Crippen LogP contribution in [0.1, 0.15) is 25.8 Å². The van der Waals surface area contributed by atoms with Crippen LogP contribution < -0.4 is 0 Å². The lowest BCUT2D eigenvalue weighted by Gasteiger charge is -2.25. The van der Waals surface area contributed by atoms with E-state index in [2.05, 4.69) is 9.05 Å². The lowest BCUT2D eigenvalue weighted by molar-refractivity contribution is 0.000269. The molecule has 1 rings (SSSR count). The van der Waals surface area contributed by atoms with Crippen LogP contribution in [0.2, 0.25) is 0 Å². The van der Waals surface area contributed by atoms with Gasteiger partial charge in [-0.3, -0.25) is 4.57 Å². The Balaban J connectivity index is 2.49. The first-order chi connectivity index (χ1) is 9.95. The molecule has 0 aliphatic heterocycles. The summed E-state index contributed by atoms with van der Waals surface area (Å²) in [6, 6.07) is 9.21. The van der Waals surface area contributed by atoms with Crippen molar-refractivity contribution in [2.75, 3.05) is 19.8 Å². The van der Waals surface area contributed by atoms with Crippen molar-refractivity contribution >= 4 is 7.60 Å². The smallest absolute Gasteiger partial charge is 0.377 e. The van der Waals surface area contributed by atoms with Gasteiger partial charge in [-0.2, -0.15) is 8.78 Å².